The lowest BCUT2D eigenvalue weighted by Crippen LogP contribution is -2.26. The van der Waals surface area contributed by atoms with Gasteiger partial charge in [0.05, 0.1) is 5.69 Å². The maximum Gasteiger partial charge on any atom is 0.0672 e. The Bertz CT molecular complexity index is 621. The molecule has 0 radical (unpaired) electrons. The lowest BCUT2D eigenvalue weighted by Gasteiger charge is -2.35. The Morgan fingerprint density at radius 1 is 1.14 bits per heavy atom. The lowest BCUT2D eigenvalue weighted by molar-refractivity contribution is 0.526. The molecule has 1 aliphatic heterocycles. The van der Waals surface area contributed by atoms with E-state index in [0.29, 0.717) is 11.8 Å². The second kappa shape index (κ2) is 6.40. The number of aliphatic imine (C=N–C) groups is 1. The van der Waals surface area contributed by atoms with Crippen LogP contribution in [0.5, 0.6) is 0 Å². The number of benzene rings is 1. The van der Waals surface area contributed by atoms with Gasteiger partial charge in [0, 0.05) is 17.5 Å². The van der Waals surface area contributed by atoms with Gasteiger partial charge >= 0.3 is 0 Å². The summed E-state index contributed by atoms with van der Waals surface area (Å²) < 4.78 is 0. The van der Waals surface area contributed by atoms with Gasteiger partial charge in [0.1, 0.15) is 0 Å². The first-order valence-corrected chi connectivity index (χ1v) is 8.96. The van der Waals surface area contributed by atoms with Crippen molar-refractivity contribution in [3.8, 4) is 0 Å². The number of unbranched alkanes of at least 4 members (excludes halogenated alkanes) is 2. The summed E-state index contributed by atoms with van der Waals surface area (Å²) in [5, 5.41) is 0. The number of nitrogens with zero attached hydrogens (tertiary/aromatic N) is 1. The van der Waals surface area contributed by atoms with Crippen molar-refractivity contribution in [2.45, 2.75) is 72.1 Å². The highest BCUT2D eigenvalue weighted by molar-refractivity contribution is 5.91. The zero-order valence-corrected chi connectivity index (χ0v) is 14.6. The van der Waals surface area contributed by atoms with E-state index in [2.05, 4.69) is 45.9 Å². The van der Waals surface area contributed by atoms with Crippen molar-refractivity contribution in [3.05, 3.63) is 40.5 Å². The van der Waals surface area contributed by atoms with E-state index in [-0.39, 0.29) is 0 Å². The van der Waals surface area contributed by atoms with Crippen LogP contribution in [0.15, 0.2) is 28.8 Å². The van der Waals surface area contributed by atoms with Crippen molar-refractivity contribution < 1.29 is 0 Å². The summed E-state index contributed by atoms with van der Waals surface area (Å²) in [6, 6.07) is 4.77. The predicted molar refractivity (Wildman–Crippen MR) is 96.4 cm³/mol. The summed E-state index contributed by atoms with van der Waals surface area (Å²) in [5.74, 6) is 1.19. The molecule has 2 atom stereocenters. The highest BCUT2D eigenvalue weighted by Crippen LogP contribution is 2.46. The first-order valence-electron chi connectivity index (χ1n) is 8.96. The summed E-state index contributed by atoms with van der Waals surface area (Å²) in [6.45, 7) is 9.07. The smallest absolute Gasteiger partial charge is 0.0672 e. The van der Waals surface area contributed by atoms with E-state index < -0.39 is 0 Å². The molecule has 1 heteroatoms. The Hall–Kier alpha value is -1.37. The number of fused-ring (bicyclic) bond motifs is 3. The van der Waals surface area contributed by atoms with Crippen molar-refractivity contribution in [1.82, 2.24) is 0 Å². The van der Waals surface area contributed by atoms with Gasteiger partial charge in [-0.2, -0.15) is 0 Å². The van der Waals surface area contributed by atoms with Gasteiger partial charge in [-0.15, -0.1) is 0 Å². The molecule has 22 heavy (non-hydrogen) atoms. The largest absolute Gasteiger partial charge is 0.257 e. The number of hydrogen-bond acceptors (Lipinski definition) is 1. The fourth-order valence-corrected chi connectivity index (χ4v) is 4.20. The SMILES string of the molecule is CCCCCc1cc(C)c2c(c1)N=C(C)C1CCC(C)=CC21. The van der Waals surface area contributed by atoms with Gasteiger partial charge < -0.3 is 0 Å². The molecule has 0 amide bonds. The standard InChI is InChI=1S/C21H29N/c1-5-6-7-8-17-12-15(3)21-19-11-14(2)9-10-18(19)16(4)22-20(21)13-17/h11-13,18-19H,5-10H2,1-4H3. The minimum Gasteiger partial charge on any atom is -0.257 e. The lowest BCUT2D eigenvalue weighted by atomic mass is 9.72. The predicted octanol–water partition coefficient (Wildman–Crippen LogP) is 6.27. The molecular formula is C21H29N. The van der Waals surface area contributed by atoms with Crippen LogP contribution in [0.4, 0.5) is 5.69 Å². The Morgan fingerprint density at radius 3 is 2.73 bits per heavy atom. The van der Waals surface area contributed by atoms with E-state index in [9.17, 15) is 0 Å². The van der Waals surface area contributed by atoms with E-state index >= 15 is 0 Å². The zero-order valence-electron chi connectivity index (χ0n) is 14.6. The normalized spacial score (nSPS) is 23.5. The molecule has 0 saturated carbocycles. The molecule has 1 nitrogen and oxygen atoms in total. The highest BCUT2D eigenvalue weighted by atomic mass is 14.8. The second-order valence-corrected chi connectivity index (χ2v) is 7.24. The second-order valence-electron chi connectivity index (χ2n) is 7.24. The Morgan fingerprint density at radius 2 is 1.95 bits per heavy atom. The van der Waals surface area contributed by atoms with Crippen LogP contribution in [0.2, 0.25) is 0 Å². The maximum atomic E-state index is 4.99. The van der Waals surface area contributed by atoms with Crippen molar-refractivity contribution in [2.24, 2.45) is 10.9 Å². The third-order valence-electron chi connectivity index (χ3n) is 5.41. The van der Waals surface area contributed by atoms with Crippen LogP contribution in [0.1, 0.15) is 75.5 Å². The molecule has 2 aliphatic rings. The summed E-state index contributed by atoms with van der Waals surface area (Å²) >= 11 is 0. The molecule has 1 heterocycles. The van der Waals surface area contributed by atoms with Crippen LogP contribution in [0.25, 0.3) is 0 Å². The zero-order chi connectivity index (χ0) is 15.7. The number of allylic oxidation sites excluding steroid dienone is 2. The fraction of sp³-hybridized carbons (Fsp3) is 0.571. The van der Waals surface area contributed by atoms with Crippen LogP contribution in [0.3, 0.4) is 0 Å². The minimum atomic E-state index is 0.561. The van der Waals surface area contributed by atoms with Crippen molar-refractivity contribution >= 4 is 11.4 Å². The van der Waals surface area contributed by atoms with Gasteiger partial charge in [-0.05, 0) is 69.2 Å². The summed E-state index contributed by atoms with van der Waals surface area (Å²) in [7, 11) is 0. The molecule has 1 aromatic rings. The summed E-state index contributed by atoms with van der Waals surface area (Å²) in [5.41, 5.74) is 8.54. The molecule has 0 spiro atoms. The molecule has 1 aromatic carbocycles. The molecule has 0 fully saturated rings. The minimum absolute atomic E-state index is 0.561. The van der Waals surface area contributed by atoms with Crippen LogP contribution < -0.4 is 0 Å². The van der Waals surface area contributed by atoms with Crippen LogP contribution in [-0.2, 0) is 6.42 Å². The van der Waals surface area contributed by atoms with Gasteiger partial charge in [0.25, 0.3) is 0 Å². The first-order chi connectivity index (χ1) is 10.6. The van der Waals surface area contributed by atoms with Crippen LogP contribution >= 0.6 is 0 Å². The topological polar surface area (TPSA) is 12.4 Å². The quantitative estimate of drug-likeness (QED) is 0.458. The molecule has 0 bridgehead atoms. The molecule has 0 aromatic heterocycles. The van der Waals surface area contributed by atoms with Crippen molar-refractivity contribution in [3.63, 3.8) is 0 Å². The van der Waals surface area contributed by atoms with Crippen molar-refractivity contribution in [2.75, 3.05) is 0 Å². The number of rotatable bonds is 4. The number of hydrogen-bond donors (Lipinski definition) is 0. The summed E-state index contributed by atoms with van der Waals surface area (Å²) in [6.07, 6.45) is 10.1. The van der Waals surface area contributed by atoms with E-state index in [0.717, 1.165) is 0 Å². The molecule has 3 rings (SSSR count). The molecule has 2 unspecified atom stereocenters. The highest BCUT2D eigenvalue weighted by Gasteiger charge is 2.33. The molecule has 0 N–H and O–H groups in total. The third-order valence-corrected chi connectivity index (χ3v) is 5.41. The van der Waals surface area contributed by atoms with E-state index in [1.54, 1.807) is 5.57 Å². The average molecular weight is 295 g/mol. The van der Waals surface area contributed by atoms with Gasteiger partial charge in [0.2, 0.25) is 0 Å². The molecule has 118 valence electrons. The Kier molecular flexibility index (Phi) is 4.52. The fourth-order valence-electron chi connectivity index (χ4n) is 4.20. The van der Waals surface area contributed by atoms with Crippen LogP contribution in [0, 0.1) is 12.8 Å². The third kappa shape index (κ3) is 2.91. The monoisotopic (exact) mass is 295 g/mol. The van der Waals surface area contributed by atoms with Gasteiger partial charge in [-0.1, -0.05) is 37.5 Å². The van der Waals surface area contributed by atoms with Gasteiger partial charge in [0.15, 0.2) is 0 Å². The van der Waals surface area contributed by atoms with E-state index in [1.165, 1.54) is 66.6 Å². The molecule has 0 saturated heterocycles. The van der Waals surface area contributed by atoms with Gasteiger partial charge in [-0.25, -0.2) is 0 Å². The van der Waals surface area contributed by atoms with Crippen molar-refractivity contribution in [1.29, 1.82) is 0 Å². The molecular weight excluding hydrogens is 266 g/mol. The summed E-state index contributed by atoms with van der Waals surface area (Å²) in [4.78, 5) is 4.99. The first kappa shape index (κ1) is 15.5. The number of aryl methyl sites for hydroxylation is 2. The van der Waals surface area contributed by atoms with Gasteiger partial charge in [-0.3, -0.25) is 4.99 Å². The average Bonchev–Trinajstić information content (AvgIpc) is 2.46. The Balaban J connectivity index is 1.98. The molecule has 1 aliphatic carbocycles. The Labute approximate surface area is 135 Å². The van der Waals surface area contributed by atoms with Crippen LogP contribution in [-0.4, -0.2) is 5.71 Å². The van der Waals surface area contributed by atoms with E-state index in [4.69, 9.17) is 4.99 Å². The van der Waals surface area contributed by atoms with E-state index in [1.807, 2.05) is 0 Å². The maximum absolute atomic E-state index is 4.99.